The fourth-order valence-electron chi connectivity index (χ4n) is 2.55. The van der Waals surface area contributed by atoms with Crippen LogP contribution in [0.3, 0.4) is 0 Å². The van der Waals surface area contributed by atoms with Gasteiger partial charge in [-0.15, -0.1) is 0 Å². The van der Waals surface area contributed by atoms with Gasteiger partial charge in [0.25, 0.3) is 5.91 Å². The number of halogens is 1. The molecule has 0 aliphatic rings. The molecule has 0 bridgehead atoms. The largest absolute Gasteiger partial charge is 0.508 e. The van der Waals surface area contributed by atoms with Crippen LogP contribution in [0.25, 0.3) is 0 Å². The molecule has 1 amide bonds. The Labute approximate surface area is 210 Å². The van der Waals surface area contributed by atoms with E-state index in [1.165, 1.54) is 48.4 Å². The van der Waals surface area contributed by atoms with Crippen LogP contribution in [0.2, 0.25) is 0 Å². The first kappa shape index (κ1) is 33.6. The van der Waals surface area contributed by atoms with Crippen LogP contribution in [-0.4, -0.2) is 27.8 Å². The van der Waals surface area contributed by atoms with E-state index in [4.69, 9.17) is 15.3 Å². The standard InChI is InChI=1S/C9H11NO2.C9H12O.C7H7FO.2C2H6/c1-2-10-9(12)7-3-5-8(11)6-4-7;1-3-8-4-5-9(10)6-7(8)2;1-5-6(8)3-2-4-7(5)9;2*1-2/h3-6,11H,2H2,1H3,(H,10,12);4-6,10H,3H2,1-2H3;2-4,9H,1H3;2*1-2H3. The summed E-state index contributed by atoms with van der Waals surface area (Å²) in [5.41, 5.74) is 3.34. The number of hydrogen-bond acceptors (Lipinski definition) is 4. The zero-order chi connectivity index (χ0) is 27.4. The summed E-state index contributed by atoms with van der Waals surface area (Å²) in [5.74, 6) is 0.0558. The molecular weight excluding hydrogens is 445 g/mol. The Morgan fingerprint density at radius 2 is 1.37 bits per heavy atom. The molecule has 0 radical (unpaired) electrons. The van der Waals surface area contributed by atoms with E-state index >= 15 is 0 Å². The number of aromatic hydroxyl groups is 3. The lowest BCUT2D eigenvalue weighted by Crippen LogP contribution is -2.22. The van der Waals surface area contributed by atoms with Gasteiger partial charge in [-0.05, 0) is 86.8 Å². The minimum atomic E-state index is -0.366. The second-order valence-electron chi connectivity index (χ2n) is 6.75. The zero-order valence-electron chi connectivity index (χ0n) is 22.3. The van der Waals surface area contributed by atoms with Crippen molar-refractivity contribution in [2.24, 2.45) is 0 Å². The van der Waals surface area contributed by atoms with Crippen molar-refractivity contribution in [3.8, 4) is 17.2 Å². The molecule has 5 nitrogen and oxygen atoms in total. The number of hydrogen-bond donors (Lipinski definition) is 4. The molecule has 3 aromatic rings. The van der Waals surface area contributed by atoms with Gasteiger partial charge in [-0.25, -0.2) is 4.39 Å². The van der Waals surface area contributed by atoms with Crippen LogP contribution in [0.4, 0.5) is 4.39 Å². The number of phenolic OH excluding ortho intramolecular Hbond substituents is 3. The number of benzene rings is 3. The number of aryl methyl sites for hydroxylation is 2. The van der Waals surface area contributed by atoms with Gasteiger partial charge in [0.05, 0.1) is 0 Å². The Bertz CT molecular complexity index is 953. The van der Waals surface area contributed by atoms with E-state index < -0.39 is 0 Å². The molecule has 194 valence electrons. The number of nitrogens with one attached hydrogen (secondary N) is 1. The molecule has 3 rings (SSSR count). The summed E-state index contributed by atoms with van der Waals surface area (Å²) in [7, 11) is 0. The topological polar surface area (TPSA) is 89.8 Å². The highest BCUT2D eigenvalue weighted by molar-refractivity contribution is 5.94. The predicted octanol–water partition coefficient (Wildman–Crippen LogP) is 7.30. The van der Waals surface area contributed by atoms with E-state index in [1.807, 2.05) is 47.6 Å². The maximum absolute atomic E-state index is 12.4. The lowest BCUT2D eigenvalue weighted by Gasteiger charge is -2.01. The van der Waals surface area contributed by atoms with Crippen molar-refractivity contribution in [1.29, 1.82) is 0 Å². The number of carbonyl (C=O) groups excluding carboxylic acids is 1. The third-order valence-electron chi connectivity index (χ3n) is 4.41. The Hall–Kier alpha value is -3.54. The predicted molar refractivity (Wildman–Crippen MR) is 144 cm³/mol. The van der Waals surface area contributed by atoms with Gasteiger partial charge in [0, 0.05) is 17.7 Å². The third-order valence-corrected chi connectivity index (χ3v) is 4.41. The van der Waals surface area contributed by atoms with Crippen LogP contribution in [0.15, 0.2) is 60.7 Å². The van der Waals surface area contributed by atoms with E-state index in [2.05, 4.69) is 12.2 Å². The van der Waals surface area contributed by atoms with Crippen molar-refractivity contribution in [3.05, 3.63) is 88.7 Å². The van der Waals surface area contributed by atoms with E-state index in [0.717, 1.165) is 6.42 Å². The van der Waals surface area contributed by atoms with Gasteiger partial charge in [0.1, 0.15) is 23.1 Å². The highest BCUT2D eigenvalue weighted by Crippen LogP contribution is 2.17. The highest BCUT2D eigenvalue weighted by Gasteiger charge is 2.02. The Balaban J connectivity index is 0. The minimum Gasteiger partial charge on any atom is -0.508 e. The van der Waals surface area contributed by atoms with Crippen molar-refractivity contribution >= 4 is 5.91 Å². The number of carbonyl (C=O) groups is 1. The summed E-state index contributed by atoms with van der Waals surface area (Å²) >= 11 is 0. The molecule has 0 fully saturated rings. The molecule has 6 heteroatoms. The Kier molecular flexibility index (Phi) is 19.1. The number of rotatable bonds is 3. The van der Waals surface area contributed by atoms with Crippen LogP contribution >= 0.6 is 0 Å². The van der Waals surface area contributed by atoms with E-state index in [1.54, 1.807) is 24.3 Å². The van der Waals surface area contributed by atoms with Crippen LogP contribution in [0.1, 0.15) is 68.6 Å². The zero-order valence-corrected chi connectivity index (χ0v) is 22.3. The first-order valence-corrected chi connectivity index (χ1v) is 12.0. The van der Waals surface area contributed by atoms with Gasteiger partial charge in [-0.2, -0.15) is 0 Å². The summed E-state index contributed by atoms with van der Waals surface area (Å²) < 4.78 is 12.4. The molecular formula is C29H42FNO4. The molecule has 35 heavy (non-hydrogen) atoms. The van der Waals surface area contributed by atoms with Crippen molar-refractivity contribution in [1.82, 2.24) is 5.32 Å². The molecule has 0 heterocycles. The lowest BCUT2D eigenvalue weighted by atomic mass is 10.1. The average molecular weight is 488 g/mol. The first-order chi connectivity index (χ1) is 16.7. The molecule has 0 aromatic heterocycles. The van der Waals surface area contributed by atoms with Crippen molar-refractivity contribution in [2.75, 3.05) is 6.54 Å². The molecule has 4 N–H and O–H groups in total. The van der Waals surface area contributed by atoms with Gasteiger partial charge < -0.3 is 20.6 Å². The van der Waals surface area contributed by atoms with Crippen molar-refractivity contribution < 1.29 is 24.5 Å². The summed E-state index contributed by atoms with van der Waals surface area (Å²) in [6.07, 6.45) is 1.03. The maximum Gasteiger partial charge on any atom is 0.251 e. The highest BCUT2D eigenvalue weighted by atomic mass is 19.1. The smallest absolute Gasteiger partial charge is 0.251 e. The van der Waals surface area contributed by atoms with Gasteiger partial charge in [-0.3, -0.25) is 4.79 Å². The first-order valence-electron chi connectivity index (χ1n) is 12.0. The molecule has 0 aliphatic carbocycles. The number of amides is 1. The fraction of sp³-hybridized carbons (Fsp3) is 0.345. The second kappa shape index (κ2) is 19.9. The fourth-order valence-corrected chi connectivity index (χ4v) is 2.55. The van der Waals surface area contributed by atoms with Gasteiger partial charge in [-0.1, -0.05) is 46.8 Å². The molecule has 3 aromatic carbocycles. The van der Waals surface area contributed by atoms with Crippen LogP contribution in [-0.2, 0) is 6.42 Å². The van der Waals surface area contributed by atoms with Crippen molar-refractivity contribution in [3.63, 3.8) is 0 Å². The average Bonchev–Trinajstić information content (AvgIpc) is 2.86. The summed E-state index contributed by atoms with van der Waals surface area (Å²) in [6, 6.07) is 15.9. The molecule has 0 saturated carbocycles. The van der Waals surface area contributed by atoms with Crippen LogP contribution in [0, 0.1) is 19.7 Å². The van der Waals surface area contributed by atoms with Crippen LogP contribution < -0.4 is 5.32 Å². The minimum absolute atomic E-state index is 0.00926. The normalized spacial score (nSPS) is 8.83. The van der Waals surface area contributed by atoms with E-state index in [9.17, 15) is 9.18 Å². The van der Waals surface area contributed by atoms with Gasteiger partial charge in [0.15, 0.2) is 0 Å². The molecule has 0 atom stereocenters. The summed E-state index contributed by atoms with van der Waals surface area (Å²) in [5, 5.41) is 29.5. The molecule has 0 unspecified atom stereocenters. The molecule has 0 spiro atoms. The quantitative estimate of drug-likeness (QED) is 0.312. The maximum atomic E-state index is 12.4. The Morgan fingerprint density at radius 3 is 1.80 bits per heavy atom. The number of phenols is 3. The van der Waals surface area contributed by atoms with E-state index in [0.29, 0.717) is 23.4 Å². The second-order valence-corrected chi connectivity index (χ2v) is 6.75. The van der Waals surface area contributed by atoms with Crippen molar-refractivity contribution in [2.45, 2.75) is 61.8 Å². The molecule has 0 saturated heterocycles. The third kappa shape index (κ3) is 13.7. The van der Waals surface area contributed by atoms with E-state index in [-0.39, 0.29) is 23.2 Å². The monoisotopic (exact) mass is 487 g/mol. The molecule has 0 aliphatic heterocycles. The van der Waals surface area contributed by atoms with Crippen LogP contribution in [0.5, 0.6) is 17.2 Å². The summed E-state index contributed by atoms with van der Waals surface area (Å²) in [4.78, 5) is 11.2. The van der Waals surface area contributed by atoms with Gasteiger partial charge >= 0.3 is 0 Å². The SMILES string of the molecule is CC.CC.CCNC(=O)c1ccc(O)cc1.CCc1ccc(O)cc1C.Cc1c(O)cccc1F. The van der Waals surface area contributed by atoms with Gasteiger partial charge in [0.2, 0.25) is 0 Å². The Morgan fingerprint density at radius 1 is 0.829 bits per heavy atom. The lowest BCUT2D eigenvalue weighted by molar-refractivity contribution is 0.0956. The summed E-state index contributed by atoms with van der Waals surface area (Å²) in [6.45, 7) is 16.1.